The van der Waals surface area contributed by atoms with E-state index in [-0.39, 0.29) is 12.5 Å². The highest BCUT2D eigenvalue weighted by molar-refractivity contribution is 6.31. The Morgan fingerprint density at radius 3 is 2.55 bits per heavy atom. The van der Waals surface area contributed by atoms with E-state index >= 15 is 0 Å². The van der Waals surface area contributed by atoms with Gasteiger partial charge in [-0.15, -0.1) is 0 Å². The van der Waals surface area contributed by atoms with Crippen LogP contribution in [0.15, 0.2) is 77.9 Å². The zero-order chi connectivity index (χ0) is 20.5. The molecule has 0 aliphatic rings. The largest absolute Gasteiger partial charge is 0.488 e. The summed E-state index contributed by atoms with van der Waals surface area (Å²) >= 11 is 12.1. The van der Waals surface area contributed by atoms with Crippen molar-refractivity contribution in [3.05, 3.63) is 94.0 Å². The third kappa shape index (κ3) is 6.82. The topological polar surface area (TPSA) is 62.7 Å². The van der Waals surface area contributed by atoms with E-state index in [1.807, 2.05) is 48.5 Å². The second-order valence-electron chi connectivity index (χ2n) is 6.11. The molecule has 0 spiro atoms. The molecule has 1 amide bonds. The summed E-state index contributed by atoms with van der Waals surface area (Å²) in [6.45, 7) is 0.450. The zero-order valence-electron chi connectivity index (χ0n) is 15.4. The lowest BCUT2D eigenvalue weighted by atomic mass is 10.2. The normalized spacial score (nSPS) is 10.7. The highest BCUT2D eigenvalue weighted by atomic mass is 35.5. The number of nitrogens with zero attached hydrogens (tertiary/aromatic N) is 1. The molecule has 3 rings (SSSR count). The van der Waals surface area contributed by atoms with Gasteiger partial charge in [-0.25, -0.2) is 5.43 Å². The molecule has 0 atom stereocenters. The molecule has 0 heterocycles. The van der Waals surface area contributed by atoms with Crippen LogP contribution in [0.25, 0.3) is 0 Å². The van der Waals surface area contributed by atoms with Crippen LogP contribution in [0.1, 0.15) is 11.1 Å². The van der Waals surface area contributed by atoms with Gasteiger partial charge in [-0.1, -0.05) is 53.5 Å². The molecule has 5 nitrogen and oxygen atoms in total. The summed E-state index contributed by atoms with van der Waals surface area (Å²) < 4.78 is 5.86. The van der Waals surface area contributed by atoms with Crippen molar-refractivity contribution in [2.75, 3.05) is 11.9 Å². The van der Waals surface area contributed by atoms with E-state index in [2.05, 4.69) is 15.8 Å². The number of para-hydroxylation sites is 1. The van der Waals surface area contributed by atoms with Gasteiger partial charge in [0.25, 0.3) is 5.91 Å². The van der Waals surface area contributed by atoms with Gasteiger partial charge in [0.05, 0.1) is 12.8 Å². The van der Waals surface area contributed by atoms with E-state index in [1.54, 1.807) is 24.3 Å². The van der Waals surface area contributed by atoms with Crippen molar-refractivity contribution >= 4 is 41.0 Å². The second kappa shape index (κ2) is 10.5. The predicted molar refractivity (Wildman–Crippen MR) is 118 cm³/mol. The third-order valence-electron chi connectivity index (χ3n) is 3.87. The number of carbonyl (C=O) groups is 1. The SMILES string of the molecule is O=C(CNc1ccccc1)N/N=C\c1cc(Cl)ccc1OCc1cccc(Cl)c1. The molecule has 0 saturated carbocycles. The van der Waals surface area contributed by atoms with Crippen molar-refractivity contribution in [2.45, 2.75) is 6.61 Å². The standard InChI is InChI=1S/C22H19Cl2N3O2/c23-18-6-4-5-16(11-18)15-29-21-10-9-19(24)12-17(21)13-26-27-22(28)14-25-20-7-2-1-3-8-20/h1-13,25H,14-15H2,(H,27,28)/b26-13-. The molecule has 0 aliphatic carbocycles. The number of halogens is 2. The number of carbonyl (C=O) groups excluding carboxylic acids is 1. The van der Waals surface area contributed by atoms with E-state index in [0.717, 1.165) is 11.3 Å². The highest BCUT2D eigenvalue weighted by Crippen LogP contribution is 2.23. The Morgan fingerprint density at radius 1 is 0.966 bits per heavy atom. The number of benzene rings is 3. The van der Waals surface area contributed by atoms with Gasteiger partial charge in [0.1, 0.15) is 12.4 Å². The average Bonchev–Trinajstić information content (AvgIpc) is 2.72. The smallest absolute Gasteiger partial charge is 0.259 e. The molecule has 0 radical (unpaired) electrons. The van der Waals surface area contributed by atoms with Crippen molar-refractivity contribution in [1.82, 2.24) is 5.43 Å². The summed E-state index contributed by atoms with van der Waals surface area (Å²) in [5.74, 6) is 0.323. The minimum atomic E-state index is -0.270. The van der Waals surface area contributed by atoms with Gasteiger partial charge < -0.3 is 10.1 Å². The number of nitrogens with one attached hydrogen (secondary N) is 2. The van der Waals surface area contributed by atoms with Gasteiger partial charge in [0.2, 0.25) is 0 Å². The minimum Gasteiger partial charge on any atom is -0.488 e. The maximum absolute atomic E-state index is 11.9. The Balaban J connectivity index is 1.57. The fourth-order valence-electron chi connectivity index (χ4n) is 2.49. The summed E-state index contributed by atoms with van der Waals surface area (Å²) in [6.07, 6.45) is 1.50. The summed E-state index contributed by atoms with van der Waals surface area (Å²) in [6, 6.07) is 22.1. The van der Waals surface area contributed by atoms with Gasteiger partial charge in [0, 0.05) is 21.3 Å². The van der Waals surface area contributed by atoms with Gasteiger partial charge >= 0.3 is 0 Å². The minimum absolute atomic E-state index is 0.106. The van der Waals surface area contributed by atoms with Crippen LogP contribution in [0.3, 0.4) is 0 Å². The van der Waals surface area contributed by atoms with Crippen molar-refractivity contribution < 1.29 is 9.53 Å². The summed E-state index contributed by atoms with van der Waals surface area (Å²) in [7, 11) is 0. The van der Waals surface area contributed by atoms with Crippen molar-refractivity contribution in [2.24, 2.45) is 5.10 Å². The van der Waals surface area contributed by atoms with E-state index in [0.29, 0.717) is 28.0 Å². The summed E-state index contributed by atoms with van der Waals surface area (Å²) in [5.41, 5.74) is 4.93. The number of hydrogen-bond donors (Lipinski definition) is 2. The lowest BCUT2D eigenvalue weighted by Gasteiger charge is -2.10. The number of anilines is 1. The first-order valence-electron chi connectivity index (χ1n) is 8.88. The highest BCUT2D eigenvalue weighted by Gasteiger charge is 2.05. The van der Waals surface area contributed by atoms with Crippen molar-refractivity contribution in [3.63, 3.8) is 0 Å². The molecule has 3 aromatic rings. The lowest BCUT2D eigenvalue weighted by Crippen LogP contribution is -2.25. The number of hydrazone groups is 1. The first kappa shape index (κ1) is 20.7. The van der Waals surface area contributed by atoms with Crippen LogP contribution in [0.4, 0.5) is 5.69 Å². The Hall–Kier alpha value is -3.02. The zero-order valence-corrected chi connectivity index (χ0v) is 17.0. The molecule has 148 valence electrons. The molecule has 29 heavy (non-hydrogen) atoms. The molecule has 7 heteroatoms. The lowest BCUT2D eigenvalue weighted by molar-refractivity contribution is -0.119. The Bertz CT molecular complexity index is 994. The van der Waals surface area contributed by atoms with Crippen LogP contribution in [-0.4, -0.2) is 18.7 Å². The van der Waals surface area contributed by atoms with Crippen LogP contribution in [-0.2, 0) is 11.4 Å². The van der Waals surface area contributed by atoms with Gasteiger partial charge in [-0.2, -0.15) is 5.10 Å². The maximum atomic E-state index is 11.9. The van der Waals surface area contributed by atoms with E-state index in [1.165, 1.54) is 6.21 Å². The monoisotopic (exact) mass is 427 g/mol. The molecular formula is C22H19Cl2N3O2. The van der Waals surface area contributed by atoms with Gasteiger partial charge in [-0.05, 0) is 48.0 Å². The number of rotatable bonds is 8. The molecule has 3 aromatic carbocycles. The van der Waals surface area contributed by atoms with Gasteiger partial charge in [-0.3, -0.25) is 4.79 Å². The molecule has 0 unspecified atom stereocenters. The number of ether oxygens (including phenoxy) is 1. The molecule has 0 bridgehead atoms. The quantitative estimate of drug-likeness (QED) is 0.386. The number of hydrogen-bond acceptors (Lipinski definition) is 4. The fraction of sp³-hybridized carbons (Fsp3) is 0.0909. The summed E-state index contributed by atoms with van der Waals surface area (Å²) in [5, 5.41) is 8.20. The van der Waals surface area contributed by atoms with Crippen LogP contribution in [0.5, 0.6) is 5.75 Å². The predicted octanol–water partition coefficient (Wildman–Crippen LogP) is 5.13. The van der Waals surface area contributed by atoms with E-state index in [4.69, 9.17) is 27.9 Å². The van der Waals surface area contributed by atoms with Crippen LogP contribution < -0.4 is 15.5 Å². The molecule has 0 aromatic heterocycles. The van der Waals surface area contributed by atoms with Crippen LogP contribution in [0, 0.1) is 0 Å². The second-order valence-corrected chi connectivity index (χ2v) is 6.99. The Kier molecular flexibility index (Phi) is 7.50. The molecule has 0 aliphatic heterocycles. The first-order chi connectivity index (χ1) is 14.1. The van der Waals surface area contributed by atoms with Crippen LogP contribution >= 0.6 is 23.2 Å². The first-order valence-corrected chi connectivity index (χ1v) is 9.63. The third-order valence-corrected chi connectivity index (χ3v) is 4.35. The summed E-state index contributed by atoms with van der Waals surface area (Å²) in [4.78, 5) is 11.9. The maximum Gasteiger partial charge on any atom is 0.259 e. The van der Waals surface area contributed by atoms with E-state index < -0.39 is 0 Å². The molecule has 0 saturated heterocycles. The van der Waals surface area contributed by atoms with Crippen molar-refractivity contribution in [1.29, 1.82) is 0 Å². The van der Waals surface area contributed by atoms with Crippen LogP contribution in [0.2, 0.25) is 10.0 Å². The Morgan fingerprint density at radius 2 is 1.76 bits per heavy atom. The fourth-order valence-corrected chi connectivity index (χ4v) is 2.88. The molecule has 2 N–H and O–H groups in total. The molecular weight excluding hydrogens is 409 g/mol. The number of amides is 1. The Labute approximate surface area is 179 Å². The van der Waals surface area contributed by atoms with Gasteiger partial charge in [0.15, 0.2) is 0 Å². The molecule has 0 fully saturated rings. The van der Waals surface area contributed by atoms with Crippen molar-refractivity contribution in [3.8, 4) is 5.75 Å². The average molecular weight is 428 g/mol. The van der Waals surface area contributed by atoms with E-state index in [9.17, 15) is 4.79 Å².